The molecule has 5 rings (SSSR count). The first kappa shape index (κ1) is 28.8. The third kappa shape index (κ3) is 6.15. The first-order valence-electron chi connectivity index (χ1n) is 13.0. The third-order valence-corrected chi connectivity index (χ3v) is 9.37. The molecule has 14 heteroatoms. The molecule has 1 amide bonds. The number of nitrogens with two attached hydrogens (primary N) is 2. The zero-order valence-electron chi connectivity index (χ0n) is 22.4. The molecule has 41 heavy (non-hydrogen) atoms. The minimum Gasteiger partial charge on any atom is -0.486 e. The van der Waals surface area contributed by atoms with E-state index in [0.717, 1.165) is 29.7 Å². The molecule has 0 radical (unpaired) electrons. The van der Waals surface area contributed by atoms with Crippen LogP contribution in [-0.2, 0) is 5.75 Å². The molecule has 0 spiro atoms. The summed E-state index contributed by atoms with van der Waals surface area (Å²) < 4.78 is 58.3. The van der Waals surface area contributed by atoms with Gasteiger partial charge in [-0.15, -0.1) is 10.8 Å². The van der Waals surface area contributed by atoms with Crippen LogP contribution in [0.4, 0.5) is 20.2 Å². The normalized spacial score (nSPS) is 17.3. The first-order valence-corrected chi connectivity index (χ1v) is 14.7. The van der Waals surface area contributed by atoms with Crippen molar-refractivity contribution in [2.75, 3.05) is 43.4 Å². The highest BCUT2D eigenvalue weighted by Gasteiger charge is 2.39. The van der Waals surface area contributed by atoms with Gasteiger partial charge in [0, 0.05) is 43.3 Å². The number of rotatable bonds is 9. The molecular weight excluding hydrogens is 558 g/mol. The molecule has 0 bridgehead atoms. The van der Waals surface area contributed by atoms with E-state index in [-0.39, 0.29) is 46.9 Å². The number of anilines is 2. The summed E-state index contributed by atoms with van der Waals surface area (Å²) in [6.45, 7) is 3.41. The van der Waals surface area contributed by atoms with Crippen molar-refractivity contribution < 1.29 is 27.4 Å². The Hall–Kier alpha value is -3.72. The Morgan fingerprint density at radius 3 is 2.39 bits per heavy atom. The molecule has 0 unspecified atom stereocenters. The summed E-state index contributed by atoms with van der Waals surface area (Å²) in [6, 6.07) is 7.40. The second-order valence-corrected chi connectivity index (χ2v) is 12.8. The number of nitrogens with zero attached hydrogens (tertiary/aromatic N) is 4. The molecule has 6 N–H and O–H groups in total. The van der Waals surface area contributed by atoms with Crippen LogP contribution in [0.2, 0.25) is 0 Å². The van der Waals surface area contributed by atoms with Crippen molar-refractivity contribution in [1.29, 1.82) is 0 Å². The monoisotopic (exact) mass is 590 g/mol. The summed E-state index contributed by atoms with van der Waals surface area (Å²) >= 11 is 0. The van der Waals surface area contributed by atoms with Crippen molar-refractivity contribution in [3.8, 4) is 11.4 Å². The number of halogens is 2. The van der Waals surface area contributed by atoms with E-state index >= 15 is 0 Å². The summed E-state index contributed by atoms with van der Waals surface area (Å²) in [5.74, 6) is -2.57. The number of hydrogen-bond acceptors (Lipinski definition) is 9. The van der Waals surface area contributed by atoms with E-state index in [9.17, 15) is 27.5 Å². The van der Waals surface area contributed by atoms with Crippen molar-refractivity contribution >= 4 is 28.1 Å². The number of nitrogen functional groups attached to an aromatic ring is 1. The Morgan fingerprint density at radius 1 is 1.12 bits per heavy atom. The van der Waals surface area contributed by atoms with Crippen LogP contribution >= 0.6 is 10.8 Å². The number of benzene rings is 2. The van der Waals surface area contributed by atoms with Crippen molar-refractivity contribution in [2.45, 2.75) is 25.5 Å². The number of piperazine rings is 1. The summed E-state index contributed by atoms with van der Waals surface area (Å²) in [5, 5.41) is 4.17. The van der Waals surface area contributed by atoms with Crippen LogP contribution in [0.3, 0.4) is 0 Å². The Morgan fingerprint density at radius 2 is 1.78 bits per heavy atom. The van der Waals surface area contributed by atoms with Gasteiger partial charge in [-0.2, -0.15) is 9.78 Å². The zero-order valence-corrected chi connectivity index (χ0v) is 23.2. The number of carbonyl (C=O) groups is 1. The van der Waals surface area contributed by atoms with Gasteiger partial charge in [-0.1, -0.05) is 19.1 Å². The standard InChI is InChI=1S/C27H32F2N6O5S/c1-27(5-6-27)16-40-24-22(14-32-35(26(24)37)20-12-18(28)11-19(29)13-20)33-7-9-34(10-8-33)41(38,39)15-17-3-2-4-21(23(17)30)25(31)36/h2-4,11-14,38-39H,5-10,15-16,30H2,1H3,(H2,31,36). The number of primary amides is 1. The number of ether oxygens (including phenoxy) is 1. The molecule has 3 aromatic rings. The molecule has 1 saturated heterocycles. The fraction of sp³-hybridized carbons (Fsp3) is 0.370. The molecule has 1 aliphatic heterocycles. The molecule has 2 aromatic carbocycles. The molecular formula is C27H32F2N6O5S. The first-order chi connectivity index (χ1) is 19.4. The molecule has 2 heterocycles. The fourth-order valence-corrected chi connectivity index (χ4v) is 6.31. The van der Waals surface area contributed by atoms with Crippen molar-refractivity contribution in [1.82, 2.24) is 14.1 Å². The average molecular weight is 591 g/mol. The maximum absolute atomic E-state index is 13.9. The minimum atomic E-state index is -3.31. The Labute approximate surface area is 236 Å². The van der Waals surface area contributed by atoms with Gasteiger partial charge < -0.3 is 21.1 Å². The number of amides is 1. The van der Waals surface area contributed by atoms with E-state index in [0.29, 0.717) is 37.0 Å². The number of para-hydroxylation sites is 1. The van der Waals surface area contributed by atoms with Crippen LogP contribution in [0.5, 0.6) is 5.75 Å². The number of carbonyl (C=O) groups excluding carboxylic acids is 1. The Balaban J connectivity index is 1.37. The largest absolute Gasteiger partial charge is 0.486 e. The van der Waals surface area contributed by atoms with Crippen molar-refractivity contribution in [3.05, 3.63) is 75.7 Å². The van der Waals surface area contributed by atoms with Gasteiger partial charge in [0.15, 0.2) is 0 Å². The minimum absolute atomic E-state index is 0.00823. The van der Waals surface area contributed by atoms with Crippen LogP contribution in [0.15, 0.2) is 47.4 Å². The number of hydrogen-bond donors (Lipinski definition) is 4. The molecule has 0 atom stereocenters. The maximum atomic E-state index is 13.9. The average Bonchev–Trinajstić information content (AvgIpc) is 3.65. The van der Waals surface area contributed by atoms with E-state index < -0.39 is 33.9 Å². The van der Waals surface area contributed by atoms with E-state index in [2.05, 4.69) is 5.10 Å². The van der Waals surface area contributed by atoms with Crippen molar-refractivity contribution in [3.63, 3.8) is 0 Å². The van der Waals surface area contributed by atoms with Gasteiger partial charge >= 0.3 is 5.56 Å². The van der Waals surface area contributed by atoms with E-state index in [1.807, 2.05) is 11.8 Å². The van der Waals surface area contributed by atoms with Crippen molar-refractivity contribution in [2.24, 2.45) is 11.1 Å². The van der Waals surface area contributed by atoms with Gasteiger partial charge in [0.2, 0.25) is 5.75 Å². The summed E-state index contributed by atoms with van der Waals surface area (Å²) in [7, 11) is -3.31. The van der Waals surface area contributed by atoms with E-state index in [4.69, 9.17) is 16.2 Å². The summed E-state index contributed by atoms with van der Waals surface area (Å²) in [5.41, 5.74) is 11.7. The van der Waals surface area contributed by atoms with Gasteiger partial charge in [0.1, 0.15) is 17.3 Å². The van der Waals surface area contributed by atoms with Gasteiger partial charge in [-0.25, -0.2) is 13.1 Å². The van der Waals surface area contributed by atoms with Crippen LogP contribution < -0.4 is 26.7 Å². The molecule has 1 aliphatic carbocycles. The highest BCUT2D eigenvalue weighted by molar-refractivity contribution is 8.21. The second kappa shape index (κ2) is 10.9. The second-order valence-electron chi connectivity index (χ2n) is 10.7. The molecule has 11 nitrogen and oxygen atoms in total. The van der Waals surface area contributed by atoms with Gasteiger partial charge in [0.05, 0.1) is 29.8 Å². The molecule has 1 aromatic heterocycles. The smallest absolute Gasteiger partial charge is 0.316 e. The predicted octanol–water partition coefficient (Wildman–Crippen LogP) is 3.36. The molecule has 2 aliphatic rings. The SMILES string of the molecule is CC1(COc2c(N3CCN(S(O)(O)Cc4cccc(C(N)=O)c4N)CC3)cnn(-c3cc(F)cc(F)c3)c2=O)CC1. The summed E-state index contributed by atoms with van der Waals surface area (Å²) in [4.78, 5) is 27.0. The van der Waals surface area contributed by atoms with Gasteiger partial charge in [0.25, 0.3) is 5.91 Å². The zero-order chi connectivity index (χ0) is 29.5. The van der Waals surface area contributed by atoms with E-state index in [1.54, 1.807) is 12.1 Å². The predicted molar refractivity (Wildman–Crippen MR) is 152 cm³/mol. The lowest BCUT2D eigenvalue weighted by Gasteiger charge is -2.47. The van der Waals surface area contributed by atoms with Gasteiger partial charge in [-0.05, 0) is 36.6 Å². The maximum Gasteiger partial charge on any atom is 0.316 e. The lowest BCUT2D eigenvalue weighted by atomic mass is 10.1. The number of aromatic nitrogens is 2. The third-order valence-electron chi connectivity index (χ3n) is 7.48. The molecule has 1 saturated carbocycles. The molecule has 2 fully saturated rings. The van der Waals surface area contributed by atoms with Crippen LogP contribution in [0.1, 0.15) is 35.7 Å². The molecule has 220 valence electrons. The quantitative estimate of drug-likeness (QED) is 0.274. The topological polar surface area (TPSA) is 160 Å². The fourth-order valence-electron chi connectivity index (χ4n) is 4.71. The highest BCUT2D eigenvalue weighted by Crippen LogP contribution is 2.48. The van der Waals surface area contributed by atoms with Crippen LogP contribution in [0.25, 0.3) is 5.69 Å². The highest BCUT2D eigenvalue weighted by atomic mass is 32.3. The van der Waals surface area contributed by atoms with Gasteiger partial charge in [-0.3, -0.25) is 18.7 Å². The van der Waals surface area contributed by atoms with E-state index in [1.165, 1.54) is 16.6 Å². The van der Waals surface area contributed by atoms with Crippen LogP contribution in [-0.4, -0.2) is 61.9 Å². The van der Waals surface area contributed by atoms with Crippen LogP contribution in [0, 0.1) is 17.0 Å². The lowest BCUT2D eigenvalue weighted by molar-refractivity contribution is 0.100. The lowest BCUT2D eigenvalue weighted by Crippen LogP contribution is -2.48. The Bertz CT molecular complexity index is 1520. The summed E-state index contributed by atoms with van der Waals surface area (Å²) in [6.07, 6.45) is 3.33. The Kier molecular flexibility index (Phi) is 7.68.